The van der Waals surface area contributed by atoms with Crippen LogP contribution in [0.3, 0.4) is 0 Å². The van der Waals surface area contributed by atoms with E-state index in [1.165, 1.54) is 31.2 Å². The third-order valence-corrected chi connectivity index (χ3v) is 3.23. The van der Waals surface area contributed by atoms with Gasteiger partial charge in [-0.1, -0.05) is 30.3 Å². The van der Waals surface area contributed by atoms with Crippen molar-refractivity contribution in [3.63, 3.8) is 0 Å². The Balaban J connectivity index is 1.89. The number of hydrogen-bond donors (Lipinski definition) is 1. The van der Waals surface area contributed by atoms with Crippen LogP contribution in [0.2, 0.25) is 0 Å². The molecule has 0 aliphatic rings. The normalized spacial score (nSPS) is 10.5. The van der Waals surface area contributed by atoms with Gasteiger partial charge in [0.1, 0.15) is 5.82 Å². The Morgan fingerprint density at radius 3 is 2.48 bits per heavy atom. The summed E-state index contributed by atoms with van der Waals surface area (Å²) < 4.78 is 18.2. The maximum Gasteiger partial charge on any atom is 0.331 e. The van der Waals surface area contributed by atoms with Crippen LogP contribution in [0.5, 0.6) is 0 Å². The molecular formula is C19H16FNO4. The van der Waals surface area contributed by atoms with Crippen LogP contribution in [0.15, 0.2) is 54.6 Å². The SMILES string of the molecule is CC(=O)c1ccccc1NC(=O)COC(=O)/C=C/c1ccccc1F. The lowest BCUT2D eigenvalue weighted by Crippen LogP contribution is -2.21. The maximum atomic E-state index is 13.4. The van der Waals surface area contributed by atoms with Crippen molar-refractivity contribution in [2.75, 3.05) is 11.9 Å². The molecule has 0 aliphatic carbocycles. The van der Waals surface area contributed by atoms with E-state index in [-0.39, 0.29) is 11.3 Å². The predicted octanol–water partition coefficient (Wildman–Crippen LogP) is 3.22. The summed E-state index contributed by atoms with van der Waals surface area (Å²) in [4.78, 5) is 34.9. The number of para-hydroxylation sites is 1. The molecule has 0 aliphatic heterocycles. The van der Waals surface area contributed by atoms with Crippen molar-refractivity contribution in [3.8, 4) is 0 Å². The Morgan fingerprint density at radius 2 is 1.76 bits per heavy atom. The molecule has 0 spiro atoms. The van der Waals surface area contributed by atoms with Crippen LogP contribution < -0.4 is 5.32 Å². The summed E-state index contributed by atoms with van der Waals surface area (Å²) in [6.45, 7) is 0.866. The number of ketones is 1. The lowest BCUT2D eigenvalue weighted by molar-refractivity contribution is -0.142. The van der Waals surface area contributed by atoms with Crippen LogP contribution in [-0.4, -0.2) is 24.3 Å². The molecule has 1 N–H and O–H groups in total. The summed E-state index contributed by atoms with van der Waals surface area (Å²) in [6, 6.07) is 12.5. The van der Waals surface area contributed by atoms with E-state index in [1.807, 2.05) is 0 Å². The van der Waals surface area contributed by atoms with Gasteiger partial charge < -0.3 is 10.1 Å². The van der Waals surface area contributed by atoms with Crippen LogP contribution in [-0.2, 0) is 14.3 Å². The van der Waals surface area contributed by atoms with Gasteiger partial charge in [0.25, 0.3) is 5.91 Å². The quantitative estimate of drug-likeness (QED) is 0.497. The van der Waals surface area contributed by atoms with Crippen molar-refractivity contribution in [1.82, 2.24) is 0 Å². The van der Waals surface area contributed by atoms with Crippen LogP contribution in [0, 0.1) is 5.82 Å². The Bertz CT molecular complexity index is 830. The lowest BCUT2D eigenvalue weighted by atomic mass is 10.1. The molecule has 0 fully saturated rings. The number of ether oxygens (including phenoxy) is 1. The molecule has 2 aromatic carbocycles. The minimum atomic E-state index is -0.779. The van der Waals surface area contributed by atoms with Crippen LogP contribution in [0.1, 0.15) is 22.8 Å². The largest absolute Gasteiger partial charge is 0.452 e. The van der Waals surface area contributed by atoms with Gasteiger partial charge in [-0.25, -0.2) is 9.18 Å². The maximum absolute atomic E-state index is 13.4. The minimum Gasteiger partial charge on any atom is -0.452 e. The predicted molar refractivity (Wildman–Crippen MR) is 91.5 cm³/mol. The minimum absolute atomic E-state index is 0.194. The number of amides is 1. The van der Waals surface area contributed by atoms with E-state index < -0.39 is 24.3 Å². The molecule has 0 unspecified atom stereocenters. The Labute approximate surface area is 144 Å². The highest BCUT2D eigenvalue weighted by atomic mass is 19.1. The first-order valence-corrected chi connectivity index (χ1v) is 7.46. The Morgan fingerprint density at radius 1 is 1.08 bits per heavy atom. The number of rotatable bonds is 6. The van der Waals surface area contributed by atoms with Gasteiger partial charge in [-0.3, -0.25) is 9.59 Å². The molecule has 5 nitrogen and oxygen atoms in total. The number of carbonyl (C=O) groups excluding carboxylic acids is 3. The van der Waals surface area contributed by atoms with E-state index in [9.17, 15) is 18.8 Å². The summed E-state index contributed by atoms with van der Waals surface area (Å²) in [7, 11) is 0. The van der Waals surface area contributed by atoms with Gasteiger partial charge >= 0.3 is 5.97 Å². The van der Waals surface area contributed by atoms with Gasteiger partial charge in [-0.2, -0.15) is 0 Å². The topological polar surface area (TPSA) is 72.5 Å². The molecule has 128 valence electrons. The molecule has 0 aromatic heterocycles. The fraction of sp³-hybridized carbons (Fsp3) is 0.105. The highest BCUT2D eigenvalue weighted by molar-refractivity contribution is 6.04. The van der Waals surface area contributed by atoms with Gasteiger partial charge in [0, 0.05) is 17.2 Å². The number of esters is 1. The molecule has 0 heterocycles. The second-order valence-corrected chi connectivity index (χ2v) is 5.11. The van der Waals surface area contributed by atoms with Gasteiger partial charge in [0.15, 0.2) is 12.4 Å². The van der Waals surface area contributed by atoms with Gasteiger partial charge in [-0.15, -0.1) is 0 Å². The molecule has 0 radical (unpaired) electrons. The number of halogens is 1. The fourth-order valence-electron chi connectivity index (χ4n) is 2.04. The van der Waals surface area contributed by atoms with Crippen LogP contribution in [0.25, 0.3) is 6.08 Å². The summed E-state index contributed by atoms with van der Waals surface area (Å²) in [5.41, 5.74) is 0.943. The number of hydrogen-bond acceptors (Lipinski definition) is 4. The second kappa shape index (κ2) is 8.54. The van der Waals surface area contributed by atoms with Crippen molar-refractivity contribution in [2.24, 2.45) is 0 Å². The summed E-state index contributed by atoms with van der Waals surface area (Å²) in [5.74, 6) is -2.02. The average molecular weight is 341 g/mol. The molecule has 0 bridgehead atoms. The summed E-state index contributed by atoms with van der Waals surface area (Å²) in [5, 5.41) is 2.51. The monoisotopic (exact) mass is 341 g/mol. The third kappa shape index (κ3) is 5.39. The van der Waals surface area contributed by atoms with E-state index in [2.05, 4.69) is 5.32 Å². The summed E-state index contributed by atoms with van der Waals surface area (Å²) >= 11 is 0. The number of anilines is 1. The standard InChI is InChI=1S/C19H16FNO4/c1-13(22)15-7-3-5-9-17(15)21-18(23)12-25-19(24)11-10-14-6-2-4-8-16(14)20/h2-11H,12H2,1H3,(H,21,23)/b11-10+. The number of nitrogens with one attached hydrogen (secondary N) is 1. The van der Waals surface area contributed by atoms with E-state index >= 15 is 0 Å². The Hall–Kier alpha value is -3.28. The van der Waals surface area contributed by atoms with Gasteiger partial charge in [0.2, 0.25) is 0 Å². The number of benzene rings is 2. The fourth-order valence-corrected chi connectivity index (χ4v) is 2.04. The van der Waals surface area contributed by atoms with Crippen LogP contribution in [0.4, 0.5) is 10.1 Å². The smallest absolute Gasteiger partial charge is 0.331 e. The molecule has 2 rings (SSSR count). The molecule has 1 amide bonds. The first-order chi connectivity index (χ1) is 12.0. The van der Waals surface area contributed by atoms with Gasteiger partial charge in [-0.05, 0) is 31.2 Å². The second-order valence-electron chi connectivity index (χ2n) is 5.11. The lowest BCUT2D eigenvalue weighted by Gasteiger charge is -2.08. The van der Waals surface area contributed by atoms with Gasteiger partial charge in [0.05, 0.1) is 5.69 Å². The highest BCUT2D eigenvalue weighted by Gasteiger charge is 2.11. The molecule has 2 aromatic rings. The zero-order chi connectivity index (χ0) is 18.2. The Kier molecular flexibility index (Phi) is 6.17. The van der Waals surface area contributed by atoms with E-state index in [0.717, 1.165) is 6.08 Å². The van der Waals surface area contributed by atoms with Crippen molar-refractivity contribution >= 4 is 29.4 Å². The molecule has 0 saturated heterocycles. The number of carbonyl (C=O) groups is 3. The van der Waals surface area contributed by atoms with Crippen molar-refractivity contribution < 1.29 is 23.5 Å². The van der Waals surface area contributed by atoms with E-state index in [4.69, 9.17) is 4.74 Å². The van der Waals surface area contributed by atoms with Crippen LogP contribution >= 0.6 is 0 Å². The summed E-state index contributed by atoms with van der Waals surface area (Å²) in [6.07, 6.45) is 2.30. The molecular weight excluding hydrogens is 325 g/mol. The molecule has 25 heavy (non-hydrogen) atoms. The molecule has 0 atom stereocenters. The first-order valence-electron chi connectivity index (χ1n) is 7.46. The molecule has 0 saturated carbocycles. The zero-order valence-corrected chi connectivity index (χ0v) is 13.5. The van der Waals surface area contributed by atoms with Crippen molar-refractivity contribution in [2.45, 2.75) is 6.92 Å². The third-order valence-electron chi connectivity index (χ3n) is 3.23. The number of Topliss-reactive ketones (excluding diaryl/α,β-unsaturated/α-hetero) is 1. The van der Waals surface area contributed by atoms with E-state index in [1.54, 1.807) is 30.3 Å². The highest BCUT2D eigenvalue weighted by Crippen LogP contribution is 2.15. The van der Waals surface area contributed by atoms with E-state index in [0.29, 0.717) is 11.3 Å². The van der Waals surface area contributed by atoms with Crippen molar-refractivity contribution in [3.05, 3.63) is 71.6 Å². The first kappa shape index (κ1) is 18.1. The van der Waals surface area contributed by atoms with Crippen molar-refractivity contribution in [1.29, 1.82) is 0 Å². The zero-order valence-electron chi connectivity index (χ0n) is 13.5. The average Bonchev–Trinajstić information content (AvgIpc) is 2.59. The molecule has 6 heteroatoms.